The molecule has 1 atom stereocenters. The van der Waals surface area contributed by atoms with Gasteiger partial charge in [-0.05, 0) is 31.5 Å². The van der Waals surface area contributed by atoms with Gasteiger partial charge < -0.3 is 15.0 Å². The first kappa shape index (κ1) is 12.3. The number of benzene rings is 1. The van der Waals surface area contributed by atoms with E-state index in [9.17, 15) is 4.79 Å². The van der Waals surface area contributed by atoms with Crippen molar-refractivity contribution in [2.75, 3.05) is 13.7 Å². The van der Waals surface area contributed by atoms with Gasteiger partial charge in [-0.2, -0.15) is 0 Å². The van der Waals surface area contributed by atoms with E-state index in [1.165, 1.54) is 12.8 Å². The van der Waals surface area contributed by atoms with E-state index in [1.807, 2.05) is 18.2 Å². The minimum atomic E-state index is -0.0631. The molecule has 2 heterocycles. The summed E-state index contributed by atoms with van der Waals surface area (Å²) in [6, 6.07) is 6.12. The molecule has 1 saturated heterocycles. The van der Waals surface area contributed by atoms with Gasteiger partial charge in [0.2, 0.25) is 0 Å². The molecule has 2 aromatic rings. The number of fused-ring (bicyclic) bond motifs is 1. The Bertz CT molecular complexity index is 623. The van der Waals surface area contributed by atoms with E-state index in [2.05, 4.69) is 10.3 Å². The molecule has 1 aliphatic rings. The molecule has 0 aliphatic carbocycles. The lowest BCUT2D eigenvalue weighted by molar-refractivity contribution is 0.363. The van der Waals surface area contributed by atoms with Gasteiger partial charge in [0.05, 0.1) is 12.6 Å². The van der Waals surface area contributed by atoms with Gasteiger partial charge in [-0.15, -0.1) is 0 Å². The van der Waals surface area contributed by atoms with Crippen LogP contribution in [0.15, 0.2) is 23.0 Å². The number of rotatable bonds is 3. The van der Waals surface area contributed by atoms with Gasteiger partial charge in [0, 0.05) is 12.6 Å². The maximum absolute atomic E-state index is 12.1. The van der Waals surface area contributed by atoms with Crippen LogP contribution in [0.25, 0.3) is 11.0 Å². The number of H-pyrrole nitrogens is 1. The zero-order valence-electron chi connectivity index (χ0n) is 11.1. The molecule has 0 saturated carbocycles. The summed E-state index contributed by atoms with van der Waals surface area (Å²) >= 11 is 0. The molecule has 19 heavy (non-hydrogen) atoms. The molecular formula is C14H19N3O2. The van der Waals surface area contributed by atoms with Crippen LogP contribution in [-0.4, -0.2) is 29.2 Å². The van der Waals surface area contributed by atoms with Gasteiger partial charge in [-0.25, -0.2) is 4.79 Å². The molecule has 5 heteroatoms. The highest BCUT2D eigenvalue weighted by Crippen LogP contribution is 2.22. The molecule has 0 amide bonds. The lowest BCUT2D eigenvalue weighted by Crippen LogP contribution is -2.39. The number of hydrogen-bond acceptors (Lipinski definition) is 3. The van der Waals surface area contributed by atoms with Gasteiger partial charge in [0.15, 0.2) is 0 Å². The molecular weight excluding hydrogens is 242 g/mol. The minimum Gasteiger partial charge on any atom is -0.494 e. The Morgan fingerprint density at radius 1 is 1.42 bits per heavy atom. The van der Waals surface area contributed by atoms with E-state index in [0.29, 0.717) is 18.3 Å². The molecule has 1 fully saturated rings. The standard InChI is InChI=1S/C14H19N3O2/c1-19-12-7-4-6-11-13(12)16-14(18)17(11)9-10-5-2-3-8-15-10/h4,6-7,10,15H,2-3,5,8-9H2,1H3,(H,16,18). The summed E-state index contributed by atoms with van der Waals surface area (Å²) in [5, 5.41) is 3.47. The van der Waals surface area contributed by atoms with Crippen LogP contribution in [0.2, 0.25) is 0 Å². The predicted octanol–water partition coefficient (Wildman–Crippen LogP) is 1.48. The van der Waals surface area contributed by atoms with Crippen molar-refractivity contribution in [3.63, 3.8) is 0 Å². The summed E-state index contributed by atoms with van der Waals surface area (Å²) in [5.41, 5.74) is 1.63. The molecule has 0 radical (unpaired) electrons. The number of nitrogens with one attached hydrogen (secondary N) is 2. The third-order valence-corrected chi connectivity index (χ3v) is 3.81. The Morgan fingerprint density at radius 2 is 2.32 bits per heavy atom. The first-order valence-corrected chi connectivity index (χ1v) is 6.78. The average molecular weight is 261 g/mol. The Hall–Kier alpha value is -1.75. The van der Waals surface area contributed by atoms with Crippen LogP contribution in [0.3, 0.4) is 0 Å². The van der Waals surface area contributed by atoms with Gasteiger partial charge in [0.25, 0.3) is 0 Å². The second-order valence-corrected chi connectivity index (χ2v) is 5.04. The number of nitrogens with zero attached hydrogens (tertiary/aromatic N) is 1. The fraction of sp³-hybridized carbons (Fsp3) is 0.500. The zero-order valence-corrected chi connectivity index (χ0v) is 11.1. The van der Waals surface area contributed by atoms with Crippen LogP contribution in [0, 0.1) is 0 Å². The largest absolute Gasteiger partial charge is 0.494 e. The van der Waals surface area contributed by atoms with Crippen molar-refractivity contribution in [1.29, 1.82) is 0 Å². The lowest BCUT2D eigenvalue weighted by Gasteiger charge is -2.23. The summed E-state index contributed by atoms with van der Waals surface area (Å²) in [5.74, 6) is 0.713. The van der Waals surface area contributed by atoms with E-state index in [4.69, 9.17) is 4.74 Å². The molecule has 102 valence electrons. The fourth-order valence-corrected chi connectivity index (χ4v) is 2.81. The molecule has 1 aromatic carbocycles. The monoisotopic (exact) mass is 261 g/mol. The Kier molecular flexibility index (Phi) is 3.29. The normalized spacial score (nSPS) is 19.7. The van der Waals surface area contributed by atoms with Crippen LogP contribution < -0.4 is 15.7 Å². The number of ether oxygens (including phenoxy) is 1. The van der Waals surface area contributed by atoms with Crippen LogP contribution in [0.1, 0.15) is 19.3 Å². The lowest BCUT2D eigenvalue weighted by atomic mass is 10.1. The van der Waals surface area contributed by atoms with Crippen molar-refractivity contribution in [1.82, 2.24) is 14.9 Å². The summed E-state index contributed by atoms with van der Waals surface area (Å²) < 4.78 is 7.09. The second-order valence-electron chi connectivity index (χ2n) is 5.04. The van der Waals surface area contributed by atoms with Gasteiger partial charge in [-0.1, -0.05) is 12.5 Å². The van der Waals surface area contributed by atoms with Crippen molar-refractivity contribution < 1.29 is 4.74 Å². The van der Waals surface area contributed by atoms with Gasteiger partial charge in [0.1, 0.15) is 11.3 Å². The second kappa shape index (κ2) is 5.09. The van der Waals surface area contributed by atoms with Gasteiger partial charge >= 0.3 is 5.69 Å². The molecule has 2 N–H and O–H groups in total. The Labute approximate surface area is 111 Å². The molecule has 3 rings (SSSR count). The number of hydrogen-bond donors (Lipinski definition) is 2. The summed E-state index contributed by atoms with van der Waals surface area (Å²) in [4.78, 5) is 15.0. The van der Waals surface area contributed by atoms with Crippen LogP contribution in [0.4, 0.5) is 0 Å². The Balaban J connectivity index is 1.98. The molecule has 0 spiro atoms. The van der Waals surface area contributed by atoms with E-state index in [0.717, 1.165) is 24.0 Å². The molecule has 0 bridgehead atoms. The van der Waals surface area contributed by atoms with Crippen molar-refractivity contribution in [3.05, 3.63) is 28.7 Å². The van der Waals surface area contributed by atoms with Gasteiger partial charge in [-0.3, -0.25) is 4.57 Å². The predicted molar refractivity (Wildman–Crippen MR) is 74.8 cm³/mol. The highest BCUT2D eigenvalue weighted by atomic mass is 16.5. The molecule has 1 aromatic heterocycles. The molecule has 1 unspecified atom stereocenters. The number of methoxy groups -OCH3 is 1. The molecule has 1 aliphatic heterocycles. The minimum absolute atomic E-state index is 0.0631. The maximum atomic E-state index is 12.1. The first-order chi connectivity index (χ1) is 9.29. The van der Waals surface area contributed by atoms with E-state index in [1.54, 1.807) is 11.7 Å². The number of piperidine rings is 1. The first-order valence-electron chi connectivity index (χ1n) is 6.78. The summed E-state index contributed by atoms with van der Waals surface area (Å²) in [6.45, 7) is 1.76. The highest BCUT2D eigenvalue weighted by Gasteiger charge is 2.17. The molecule has 5 nitrogen and oxygen atoms in total. The number of para-hydroxylation sites is 1. The highest BCUT2D eigenvalue weighted by molar-refractivity contribution is 5.81. The Morgan fingerprint density at radius 3 is 3.05 bits per heavy atom. The van der Waals surface area contributed by atoms with Crippen LogP contribution in [0.5, 0.6) is 5.75 Å². The van der Waals surface area contributed by atoms with E-state index >= 15 is 0 Å². The fourth-order valence-electron chi connectivity index (χ4n) is 2.81. The van der Waals surface area contributed by atoms with E-state index in [-0.39, 0.29) is 5.69 Å². The van der Waals surface area contributed by atoms with Crippen LogP contribution >= 0.6 is 0 Å². The number of imidazole rings is 1. The third-order valence-electron chi connectivity index (χ3n) is 3.81. The topological polar surface area (TPSA) is 59.1 Å². The number of aromatic amines is 1. The van der Waals surface area contributed by atoms with Crippen molar-refractivity contribution in [2.24, 2.45) is 0 Å². The SMILES string of the molecule is COc1cccc2c1[nH]c(=O)n2CC1CCCCN1. The third kappa shape index (κ3) is 2.26. The maximum Gasteiger partial charge on any atom is 0.326 e. The quantitative estimate of drug-likeness (QED) is 0.880. The van der Waals surface area contributed by atoms with Crippen molar-refractivity contribution in [2.45, 2.75) is 31.8 Å². The summed E-state index contributed by atoms with van der Waals surface area (Å²) in [7, 11) is 1.62. The number of aromatic nitrogens is 2. The smallest absolute Gasteiger partial charge is 0.326 e. The van der Waals surface area contributed by atoms with Crippen molar-refractivity contribution >= 4 is 11.0 Å². The van der Waals surface area contributed by atoms with Crippen LogP contribution in [-0.2, 0) is 6.54 Å². The zero-order chi connectivity index (χ0) is 13.2. The van der Waals surface area contributed by atoms with Crippen molar-refractivity contribution in [3.8, 4) is 5.75 Å². The average Bonchev–Trinajstić information content (AvgIpc) is 2.76. The summed E-state index contributed by atoms with van der Waals surface area (Å²) in [6.07, 6.45) is 3.59. The van der Waals surface area contributed by atoms with E-state index < -0.39 is 0 Å².